The van der Waals surface area contributed by atoms with Crippen molar-refractivity contribution in [3.63, 3.8) is 0 Å². The summed E-state index contributed by atoms with van der Waals surface area (Å²) in [5, 5.41) is 11.0. The van der Waals surface area contributed by atoms with Crippen molar-refractivity contribution in [2.45, 2.75) is 19.3 Å². The van der Waals surface area contributed by atoms with Crippen LogP contribution < -0.4 is 14.2 Å². The van der Waals surface area contributed by atoms with E-state index in [2.05, 4.69) is 0 Å². The lowest BCUT2D eigenvalue weighted by atomic mass is 9.98. The molecule has 0 unspecified atom stereocenters. The number of fused-ring (bicyclic) bond motifs is 1. The van der Waals surface area contributed by atoms with Crippen LogP contribution in [0.3, 0.4) is 0 Å². The van der Waals surface area contributed by atoms with Crippen molar-refractivity contribution in [3.8, 4) is 17.2 Å². The van der Waals surface area contributed by atoms with E-state index in [9.17, 15) is 0 Å². The maximum Gasteiger partial charge on any atom is 0.169 e. The quantitative estimate of drug-likeness (QED) is 0.796. The second kappa shape index (κ2) is 7.18. The summed E-state index contributed by atoms with van der Waals surface area (Å²) < 4.78 is 16.8. The van der Waals surface area contributed by atoms with Crippen molar-refractivity contribution in [2.24, 2.45) is 0 Å². The molecule has 0 atom stereocenters. The first-order valence-electron chi connectivity index (χ1n) is 7.08. The van der Waals surface area contributed by atoms with Crippen molar-refractivity contribution in [1.82, 2.24) is 0 Å². The fourth-order valence-corrected chi connectivity index (χ4v) is 2.70. The number of methoxy groups -OCH3 is 3. The zero-order valence-corrected chi connectivity index (χ0v) is 12.8. The molecule has 2 aromatic carbocycles. The van der Waals surface area contributed by atoms with Gasteiger partial charge >= 0.3 is 0 Å². The van der Waals surface area contributed by atoms with Crippen molar-refractivity contribution < 1.29 is 19.3 Å². The summed E-state index contributed by atoms with van der Waals surface area (Å²) in [6.07, 6.45) is 2.39. The molecule has 0 aliphatic rings. The molecule has 2 rings (SSSR count). The lowest BCUT2D eigenvalue weighted by Crippen LogP contribution is -2.02. The van der Waals surface area contributed by atoms with Crippen molar-refractivity contribution >= 4 is 10.8 Å². The Labute approximate surface area is 125 Å². The van der Waals surface area contributed by atoms with Crippen LogP contribution in [0, 0.1) is 0 Å². The smallest absolute Gasteiger partial charge is 0.169 e. The van der Waals surface area contributed by atoms with Crippen molar-refractivity contribution in [3.05, 3.63) is 29.8 Å². The van der Waals surface area contributed by atoms with Gasteiger partial charge in [0.2, 0.25) is 0 Å². The number of aliphatic hydroxyl groups is 1. The van der Waals surface area contributed by atoms with Gasteiger partial charge in [-0.3, -0.25) is 0 Å². The fourth-order valence-electron chi connectivity index (χ4n) is 2.70. The summed E-state index contributed by atoms with van der Waals surface area (Å²) in [6, 6.07) is 7.96. The maximum absolute atomic E-state index is 8.98. The third kappa shape index (κ3) is 2.90. The van der Waals surface area contributed by atoms with E-state index >= 15 is 0 Å². The summed E-state index contributed by atoms with van der Waals surface area (Å²) in [5.74, 6) is 2.26. The molecule has 1 N–H and O–H groups in total. The van der Waals surface area contributed by atoms with Crippen LogP contribution in [0.5, 0.6) is 17.2 Å². The summed E-state index contributed by atoms with van der Waals surface area (Å²) in [5.41, 5.74) is 0.990. The highest BCUT2D eigenvalue weighted by atomic mass is 16.5. The zero-order chi connectivity index (χ0) is 15.2. The Balaban J connectivity index is 2.67. The summed E-state index contributed by atoms with van der Waals surface area (Å²) in [7, 11) is 4.96. The minimum atomic E-state index is 0.190. The van der Waals surface area contributed by atoms with Gasteiger partial charge in [-0.1, -0.05) is 24.3 Å². The monoisotopic (exact) mass is 290 g/mol. The number of benzene rings is 2. The minimum absolute atomic E-state index is 0.190. The Hall–Kier alpha value is -1.94. The fraction of sp³-hybridized carbons (Fsp3) is 0.412. The molecule has 0 saturated heterocycles. The maximum atomic E-state index is 8.98. The molecule has 114 valence electrons. The van der Waals surface area contributed by atoms with E-state index in [0.29, 0.717) is 5.75 Å². The van der Waals surface area contributed by atoms with Gasteiger partial charge in [0.25, 0.3) is 0 Å². The molecular weight excluding hydrogens is 268 g/mol. The van der Waals surface area contributed by atoms with E-state index in [1.807, 2.05) is 24.3 Å². The molecule has 21 heavy (non-hydrogen) atoms. The molecule has 0 fully saturated rings. The molecule has 4 nitrogen and oxygen atoms in total. The Morgan fingerprint density at radius 2 is 1.38 bits per heavy atom. The second-order valence-electron chi connectivity index (χ2n) is 4.80. The van der Waals surface area contributed by atoms with Gasteiger partial charge in [-0.2, -0.15) is 0 Å². The topological polar surface area (TPSA) is 47.9 Å². The average Bonchev–Trinajstić information content (AvgIpc) is 2.53. The van der Waals surface area contributed by atoms with Gasteiger partial charge in [0.05, 0.1) is 21.3 Å². The van der Waals surface area contributed by atoms with Crippen LogP contribution in [0.1, 0.15) is 18.4 Å². The van der Waals surface area contributed by atoms with E-state index in [4.69, 9.17) is 19.3 Å². The summed E-state index contributed by atoms with van der Waals surface area (Å²) in [6.45, 7) is 0.190. The molecular formula is C17H22O4. The highest BCUT2D eigenvalue weighted by Gasteiger charge is 2.21. The zero-order valence-electron chi connectivity index (χ0n) is 12.8. The highest BCUT2D eigenvalue weighted by molar-refractivity contribution is 5.97. The highest BCUT2D eigenvalue weighted by Crippen LogP contribution is 2.46. The molecule has 0 bridgehead atoms. The molecule has 4 heteroatoms. The van der Waals surface area contributed by atoms with Gasteiger partial charge in [0.15, 0.2) is 11.5 Å². The summed E-state index contributed by atoms with van der Waals surface area (Å²) >= 11 is 0. The van der Waals surface area contributed by atoms with Gasteiger partial charge in [-0.25, -0.2) is 0 Å². The number of unbranched alkanes of at least 4 members (excludes halogenated alkanes) is 1. The van der Waals surface area contributed by atoms with Crippen LogP contribution in [0.25, 0.3) is 10.8 Å². The van der Waals surface area contributed by atoms with Crippen LogP contribution in [0.2, 0.25) is 0 Å². The van der Waals surface area contributed by atoms with Gasteiger partial charge in [-0.05, 0) is 19.3 Å². The second-order valence-corrected chi connectivity index (χ2v) is 4.80. The average molecular weight is 290 g/mol. The molecule has 0 aliphatic heterocycles. The first-order valence-corrected chi connectivity index (χ1v) is 7.08. The number of ether oxygens (including phenoxy) is 3. The van der Waals surface area contributed by atoms with Gasteiger partial charge in [-0.15, -0.1) is 0 Å². The molecule has 0 saturated carbocycles. The van der Waals surface area contributed by atoms with Crippen LogP contribution >= 0.6 is 0 Å². The first kappa shape index (κ1) is 15.4. The Bertz CT molecular complexity index is 607. The number of rotatable bonds is 7. The summed E-state index contributed by atoms with van der Waals surface area (Å²) in [4.78, 5) is 0. The Kier molecular flexibility index (Phi) is 5.28. The van der Waals surface area contributed by atoms with Gasteiger partial charge < -0.3 is 19.3 Å². The molecule has 0 heterocycles. The first-order chi connectivity index (χ1) is 10.3. The Morgan fingerprint density at radius 3 is 1.90 bits per heavy atom. The van der Waals surface area contributed by atoms with Crippen LogP contribution in [0.15, 0.2) is 24.3 Å². The lowest BCUT2D eigenvalue weighted by Gasteiger charge is -2.19. The molecule has 0 amide bonds. The van der Waals surface area contributed by atoms with Crippen LogP contribution in [-0.4, -0.2) is 33.0 Å². The van der Waals surface area contributed by atoms with E-state index in [0.717, 1.165) is 47.1 Å². The van der Waals surface area contributed by atoms with Crippen LogP contribution in [0.4, 0.5) is 0 Å². The standard InChI is InChI=1S/C17H22O4/c1-19-15-12-8-4-5-9-13(12)16(20-2)17(21-3)14(15)10-6-7-11-18/h4-5,8-9,18H,6-7,10-11H2,1-3H3. The van der Waals surface area contributed by atoms with Crippen LogP contribution in [-0.2, 0) is 6.42 Å². The van der Waals surface area contributed by atoms with Gasteiger partial charge in [0, 0.05) is 22.9 Å². The van der Waals surface area contributed by atoms with E-state index in [1.54, 1.807) is 21.3 Å². The van der Waals surface area contributed by atoms with E-state index < -0.39 is 0 Å². The molecule has 2 aromatic rings. The molecule has 0 spiro atoms. The third-order valence-corrected chi connectivity index (χ3v) is 3.62. The van der Waals surface area contributed by atoms with E-state index in [-0.39, 0.29) is 6.61 Å². The lowest BCUT2D eigenvalue weighted by molar-refractivity contribution is 0.283. The number of aliphatic hydroxyl groups excluding tert-OH is 1. The van der Waals surface area contributed by atoms with Gasteiger partial charge in [0.1, 0.15) is 5.75 Å². The van der Waals surface area contributed by atoms with Crippen molar-refractivity contribution in [1.29, 1.82) is 0 Å². The minimum Gasteiger partial charge on any atom is -0.496 e. The predicted octanol–water partition coefficient (Wildman–Crippen LogP) is 3.18. The van der Waals surface area contributed by atoms with Crippen molar-refractivity contribution in [2.75, 3.05) is 27.9 Å². The number of hydrogen-bond acceptors (Lipinski definition) is 4. The number of hydrogen-bond donors (Lipinski definition) is 1. The molecule has 0 aliphatic carbocycles. The molecule has 0 aromatic heterocycles. The normalized spacial score (nSPS) is 10.7. The SMILES string of the molecule is COc1c(CCCCO)c(OC)c2ccccc2c1OC. The Morgan fingerprint density at radius 1 is 0.810 bits per heavy atom. The molecule has 0 radical (unpaired) electrons. The predicted molar refractivity (Wildman–Crippen MR) is 83.6 cm³/mol. The van der Waals surface area contributed by atoms with E-state index in [1.165, 1.54) is 0 Å². The largest absolute Gasteiger partial charge is 0.496 e. The third-order valence-electron chi connectivity index (χ3n) is 3.62.